The largest absolute Gasteiger partial charge is 0.330 e. The fourth-order valence-electron chi connectivity index (χ4n) is 3.63. The van der Waals surface area contributed by atoms with Gasteiger partial charge in [0.25, 0.3) is 0 Å². The zero-order valence-corrected chi connectivity index (χ0v) is 12.7. The highest BCUT2D eigenvalue weighted by Crippen LogP contribution is 2.22. The number of piperazine rings is 1. The molecule has 0 radical (unpaired) electrons. The summed E-state index contributed by atoms with van der Waals surface area (Å²) in [6, 6.07) is 0.905. The van der Waals surface area contributed by atoms with Crippen LogP contribution in [0.25, 0.3) is 0 Å². The lowest BCUT2D eigenvalue weighted by Crippen LogP contribution is -2.50. The van der Waals surface area contributed by atoms with Crippen LogP contribution >= 0.6 is 0 Å². The van der Waals surface area contributed by atoms with Gasteiger partial charge in [0.2, 0.25) is 0 Å². The normalized spacial score (nSPS) is 24.5. The van der Waals surface area contributed by atoms with Gasteiger partial charge in [0.1, 0.15) is 0 Å². The van der Waals surface area contributed by atoms with E-state index in [-0.39, 0.29) is 0 Å². The zero-order valence-electron chi connectivity index (χ0n) is 12.7. The van der Waals surface area contributed by atoms with Crippen molar-refractivity contribution in [1.82, 2.24) is 9.80 Å². The third-order valence-corrected chi connectivity index (χ3v) is 4.93. The summed E-state index contributed by atoms with van der Waals surface area (Å²) in [6.07, 6.45) is 12.6. The van der Waals surface area contributed by atoms with E-state index in [0.29, 0.717) is 0 Å². The average molecular weight is 267 g/mol. The van der Waals surface area contributed by atoms with Gasteiger partial charge >= 0.3 is 0 Å². The minimum absolute atomic E-state index is 0.857. The van der Waals surface area contributed by atoms with Crippen LogP contribution in [0.5, 0.6) is 0 Å². The van der Waals surface area contributed by atoms with E-state index in [9.17, 15) is 0 Å². The third kappa shape index (κ3) is 5.41. The molecule has 2 aliphatic rings. The van der Waals surface area contributed by atoms with Gasteiger partial charge in [0, 0.05) is 32.2 Å². The minimum Gasteiger partial charge on any atom is -0.330 e. The standard InChI is InChI=1S/C16H33N3/c17-10-6-3-7-11-18-12-14-19(15-13-18)16-8-4-1-2-5-9-16/h16H,1-15,17H2. The van der Waals surface area contributed by atoms with Crippen LogP contribution in [-0.4, -0.2) is 55.1 Å². The van der Waals surface area contributed by atoms with Crippen molar-refractivity contribution in [2.24, 2.45) is 5.73 Å². The van der Waals surface area contributed by atoms with Gasteiger partial charge in [-0.1, -0.05) is 32.1 Å². The van der Waals surface area contributed by atoms with Crippen LogP contribution in [0.1, 0.15) is 57.8 Å². The van der Waals surface area contributed by atoms with Crippen LogP contribution in [0.3, 0.4) is 0 Å². The molecule has 1 aliphatic carbocycles. The predicted molar refractivity (Wildman–Crippen MR) is 82.4 cm³/mol. The van der Waals surface area contributed by atoms with Crippen molar-refractivity contribution in [2.75, 3.05) is 39.3 Å². The molecule has 0 aromatic rings. The molecule has 0 unspecified atom stereocenters. The quantitative estimate of drug-likeness (QED) is 0.593. The third-order valence-electron chi connectivity index (χ3n) is 4.93. The maximum Gasteiger partial charge on any atom is 0.0113 e. The van der Waals surface area contributed by atoms with Crippen LogP contribution in [0, 0.1) is 0 Å². The molecule has 19 heavy (non-hydrogen) atoms. The lowest BCUT2D eigenvalue weighted by Gasteiger charge is -2.39. The Balaban J connectivity index is 1.61. The molecule has 2 N–H and O–H groups in total. The molecule has 2 rings (SSSR count). The fraction of sp³-hybridized carbons (Fsp3) is 1.00. The van der Waals surface area contributed by atoms with Crippen molar-refractivity contribution in [1.29, 1.82) is 0 Å². The van der Waals surface area contributed by atoms with Gasteiger partial charge in [-0.3, -0.25) is 4.90 Å². The van der Waals surface area contributed by atoms with Crippen molar-refractivity contribution >= 4 is 0 Å². The summed E-state index contributed by atoms with van der Waals surface area (Å²) in [5, 5.41) is 0. The van der Waals surface area contributed by atoms with E-state index in [1.54, 1.807) is 0 Å². The Morgan fingerprint density at radius 2 is 1.47 bits per heavy atom. The molecule has 3 nitrogen and oxygen atoms in total. The van der Waals surface area contributed by atoms with E-state index in [1.165, 1.54) is 90.5 Å². The van der Waals surface area contributed by atoms with E-state index >= 15 is 0 Å². The second-order valence-electron chi connectivity index (χ2n) is 6.37. The molecular formula is C16H33N3. The van der Waals surface area contributed by atoms with Gasteiger partial charge in [-0.15, -0.1) is 0 Å². The minimum atomic E-state index is 0.857. The monoisotopic (exact) mass is 267 g/mol. The Bertz CT molecular complexity index is 216. The Labute approximate surface area is 119 Å². The summed E-state index contributed by atoms with van der Waals surface area (Å²) in [4.78, 5) is 5.44. The summed E-state index contributed by atoms with van der Waals surface area (Å²) < 4.78 is 0. The Kier molecular flexibility index (Phi) is 7.18. The highest BCUT2D eigenvalue weighted by atomic mass is 15.3. The molecule has 0 bridgehead atoms. The highest BCUT2D eigenvalue weighted by Gasteiger charge is 2.23. The lowest BCUT2D eigenvalue weighted by molar-refractivity contribution is 0.0880. The smallest absolute Gasteiger partial charge is 0.0113 e. The SMILES string of the molecule is NCCCCCN1CCN(C2CCCCCC2)CC1. The first-order valence-electron chi connectivity index (χ1n) is 8.56. The topological polar surface area (TPSA) is 32.5 Å². The number of rotatable bonds is 6. The van der Waals surface area contributed by atoms with E-state index in [0.717, 1.165) is 12.6 Å². The maximum atomic E-state index is 5.54. The molecule has 1 saturated carbocycles. The molecule has 1 aliphatic heterocycles. The van der Waals surface area contributed by atoms with Crippen LogP contribution in [-0.2, 0) is 0 Å². The average Bonchev–Trinajstić information content (AvgIpc) is 2.73. The van der Waals surface area contributed by atoms with E-state index in [4.69, 9.17) is 5.73 Å². The summed E-state index contributed by atoms with van der Waals surface area (Å²) >= 11 is 0. The molecule has 0 amide bonds. The second-order valence-corrected chi connectivity index (χ2v) is 6.37. The van der Waals surface area contributed by atoms with Crippen molar-refractivity contribution in [3.05, 3.63) is 0 Å². The van der Waals surface area contributed by atoms with E-state index in [1.807, 2.05) is 0 Å². The van der Waals surface area contributed by atoms with Gasteiger partial charge in [-0.25, -0.2) is 0 Å². The predicted octanol–water partition coefficient (Wildman–Crippen LogP) is 2.46. The summed E-state index contributed by atoms with van der Waals surface area (Å²) in [5.74, 6) is 0. The maximum absolute atomic E-state index is 5.54. The number of nitrogens with two attached hydrogens (primary N) is 1. The first kappa shape index (κ1) is 15.3. The van der Waals surface area contributed by atoms with E-state index < -0.39 is 0 Å². The molecule has 112 valence electrons. The van der Waals surface area contributed by atoms with Gasteiger partial charge < -0.3 is 10.6 Å². The van der Waals surface area contributed by atoms with Crippen molar-refractivity contribution in [2.45, 2.75) is 63.8 Å². The fourth-order valence-corrected chi connectivity index (χ4v) is 3.63. The molecule has 0 spiro atoms. The Hall–Kier alpha value is -0.120. The highest BCUT2D eigenvalue weighted by molar-refractivity contribution is 4.80. The van der Waals surface area contributed by atoms with Crippen LogP contribution in [0.2, 0.25) is 0 Å². The van der Waals surface area contributed by atoms with Gasteiger partial charge in [0.05, 0.1) is 0 Å². The first-order valence-corrected chi connectivity index (χ1v) is 8.56. The summed E-state index contributed by atoms with van der Waals surface area (Å²) in [7, 11) is 0. The van der Waals surface area contributed by atoms with E-state index in [2.05, 4.69) is 9.80 Å². The summed E-state index contributed by atoms with van der Waals surface area (Å²) in [5.41, 5.74) is 5.54. The van der Waals surface area contributed by atoms with Crippen LogP contribution in [0.15, 0.2) is 0 Å². The molecule has 0 atom stereocenters. The van der Waals surface area contributed by atoms with Crippen molar-refractivity contribution in [3.63, 3.8) is 0 Å². The Morgan fingerprint density at radius 1 is 0.789 bits per heavy atom. The molecule has 2 fully saturated rings. The molecule has 0 aromatic heterocycles. The van der Waals surface area contributed by atoms with Crippen molar-refractivity contribution in [3.8, 4) is 0 Å². The Morgan fingerprint density at radius 3 is 2.11 bits per heavy atom. The van der Waals surface area contributed by atoms with Crippen LogP contribution in [0.4, 0.5) is 0 Å². The lowest BCUT2D eigenvalue weighted by atomic mass is 10.1. The van der Waals surface area contributed by atoms with Gasteiger partial charge in [0.15, 0.2) is 0 Å². The van der Waals surface area contributed by atoms with Crippen LogP contribution < -0.4 is 5.73 Å². The molecule has 1 saturated heterocycles. The summed E-state index contributed by atoms with van der Waals surface area (Å²) in [6.45, 7) is 7.34. The number of hydrogen-bond acceptors (Lipinski definition) is 3. The van der Waals surface area contributed by atoms with Gasteiger partial charge in [-0.2, -0.15) is 0 Å². The molecule has 3 heteroatoms. The zero-order chi connectivity index (χ0) is 13.3. The number of nitrogens with zero attached hydrogens (tertiary/aromatic N) is 2. The van der Waals surface area contributed by atoms with Gasteiger partial charge in [-0.05, 0) is 38.8 Å². The number of hydrogen-bond donors (Lipinski definition) is 1. The second kappa shape index (κ2) is 8.93. The molecular weight excluding hydrogens is 234 g/mol. The molecule has 1 heterocycles. The molecule has 0 aromatic carbocycles. The van der Waals surface area contributed by atoms with Crippen molar-refractivity contribution < 1.29 is 0 Å². The number of unbranched alkanes of at least 4 members (excludes halogenated alkanes) is 2. The first-order chi connectivity index (χ1) is 9.40.